The van der Waals surface area contributed by atoms with E-state index in [9.17, 15) is 0 Å². The molecule has 1 aliphatic rings. The minimum absolute atomic E-state index is 0. The van der Waals surface area contributed by atoms with Gasteiger partial charge < -0.3 is 24.7 Å². The van der Waals surface area contributed by atoms with Gasteiger partial charge in [0.05, 0.1) is 40.2 Å². The molecular weight excluding hydrogens is 419 g/mol. The van der Waals surface area contributed by atoms with Crippen LogP contribution in [0.2, 0.25) is 5.02 Å². The van der Waals surface area contributed by atoms with Crippen LogP contribution in [0.25, 0.3) is 11.0 Å². The molecule has 3 rings (SSSR count). The Morgan fingerprint density at radius 3 is 2.46 bits per heavy atom. The molecule has 1 aliphatic heterocycles. The highest BCUT2D eigenvalue weighted by atomic mass is 35.5. The van der Waals surface area contributed by atoms with Gasteiger partial charge in [-0.05, 0) is 12.1 Å². The molecule has 0 spiro atoms. The number of imidazole rings is 1. The van der Waals surface area contributed by atoms with E-state index in [1.807, 2.05) is 6.07 Å². The van der Waals surface area contributed by atoms with E-state index in [-0.39, 0.29) is 30.1 Å². The minimum Gasteiger partial charge on any atom is -0.383 e. The Labute approximate surface area is 175 Å². The Bertz CT molecular complexity index is 677. The lowest BCUT2D eigenvalue weighted by atomic mass is 10.2. The SMILES string of the molecule is COCC(COC)Sc1nc2cc(N3CCNCC3)c(Cl)cc2[nH]1.Cl.Cl. The van der Waals surface area contributed by atoms with Gasteiger partial charge in [-0.3, -0.25) is 0 Å². The quantitative estimate of drug-likeness (QED) is 0.641. The zero-order chi connectivity index (χ0) is 16.9. The molecular formula is C16H25Cl3N4O2S. The van der Waals surface area contributed by atoms with E-state index in [2.05, 4.69) is 21.3 Å². The number of piperazine rings is 1. The van der Waals surface area contributed by atoms with E-state index in [1.54, 1.807) is 26.0 Å². The Kier molecular flexibility index (Phi) is 10.4. The summed E-state index contributed by atoms with van der Waals surface area (Å²) in [6.45, 7) is 5.10. The van der Waals surface area contributed by atoms with Crippen LogP contribution in [0.3, 0.4) is 0 Å². The molecule has 1 aromatic carbocycles. The number of aromatic nitrogens is 2. The van der Waals surface area contributed by atoms with Crippen molar-refractivity contribution in [3.8, 4) is 0 Å². The predicted octanol–water partition coefficient (Wildman–Crippen LogP) is 3.22. The van der Waals surface area contributed by atoms with E-state index in [0.717, 1.165) is 53.1 Å². The zero-order valence-electron chi connectivity index (χ0n) is 14.8. The number of halogens is 3. The fourth-order valence-corrected chi connectivity index (χ4v) is 4.17. The molecule has 1 saturated heterocycles. The van der Waals surface area contributed by atoms with E-state index in [0.29, 0.717) is 13.2 Å². The summed E-state index contributed by atoms with van der Waals surface area (Å²) in [6, 6.07) is 4.04. The molecule has 10 heteroatoms. The summed E-state index contributed by atoms with van der Waals surface area (Å²) in [6.07, 6.45) is 0. The molecule has 26 heavy (non-hydrogen) atoms. The molecule has 0 atom stereocenters. The van der Waals surface area contributed by atoms with Gasteiger partial charge in [0, 0.05) is 40.4 Å². The fourth-order valence-electron chi connectivity index (χ4n) is 2.85. The molecule has 1 fully saturated rings. The third kappa shape index (κ3) is 5.79. The molecule has 2 heterocycles. The van der Waals surface area contributed by atoms with Crippen LogP contribution in [-0.2, 0) is 9.47 Å². The van der Waals surface area contributed by atoms with Gasteiger partial charge in [-0.1, -0.05) is 23.4 Å². The number of hydrogen-bond donors (Lipinski definition) is 2. The lowest BCUT2D eigenvalue weighted by Crippen LogP contribution is -2.43. The van der Waals surface area contributed by atoms with Crippen LogP contribution >= 0.6 is 48.2 Å². The first-order valence-corrected chi connectivity index (χ1v) is 9.26. The van der Waals surface area contributed by atoms with Crippen molar-refractivity contribution in [2.24, 2.45) is 0 Å². The second-order valence-electron chi connectivity index (χ2n) is 5.75. The van der Waals surface area contributed by atoms with E-state index in [1.165, 1.54) is 0 Å². The van der Waals surface area contributed by atoms with Crippen molar-refractivity contribution in [1.82, 2.24) is 15.3 Å². The molecule has 148 valence electrons. The second-order valence-corrected chi connectivity index (χ2v) is 7.45. The van der Waals surface area contributed by atoms with Crippen LogP contribution < -0.4 is 10.2 Å². The standard InChI is InChI=1S/C16H23ClN4O2S.2ClH/c1-22-9-11(10-23-2)24-16-19-13-7-12(17)15(8-14(13)20-16)21-5-3-18-4-6-21;;/h7-8,11,18H,3-6,9-10H2,1-2H3,(H,19,20);2*1H. The third-order valence-corrected chi connectivity index (χ3v) is 5.29. The summed E-state index contributed by atoms with van der Waals surface area (Å²) in [5, 5.41) is 5.17. The molecule has 0 amide bonds. The molecule has 0 saturated carbocycles. The van der Waals surface area contributed by atoms with Gasteiger partial charge in [0.25, 0.3) is 0 Å². The van der Waals surface area contributed by atoms with Gasteiger partial charge in [0.1, 0.15) is 0 Å². The first-order valence-electron chi connectivity index (χ1n) is 8.00. The maximum Gasteiger partial charge on any atom is 0.166 e. The highest BCUT2D eigenvalue weighted by Gasteiger charge is 2.17. The minimum atomic E-state index is 0. The Morgan fingerprint density at radius 2 is 1.85 bits per heavy atom. The van der Waals surface area contributed by atoms with Crippen molar-refractivity contribution in [1.29, 1.82) is 0 Å². The van der Waals surface area contributed by atoms with Crippen molar-refractivity contribution >= 4 is 64.9 Å². The summed E-state index contributed by atoms with van der Waals surface area (Å²) in [5.41, 5.74) is 2.94. The number of nitrogens with zero attached hydrogens (tertiary/aromatic N) is 2. The molecule has 0 aliphatic carbocycles. The number of methoxy groups -OCH3 is 2. The highest BCUT2D eigenvalue weighted by molar-refractivity contribution is 7.99. The van der Waals surface area contributed by atoms with Crippen LogP contribution in [-0.4, -0.2) is 68.8 Å². The third-order valence-electron chi connectivity index (χ3n) is 3.97. The number of rotatable bonds is 7. The monoisotopic (exact) mass is 442 g/mol. The second kappa shape index (κ2) is 11.4. The molecule has 2 N–H and O–H groups in total. The highest BCUT2D eigenvalue weighted by Crippen LogP contribution is 2.32. The molecule has 0 bridgehead atoms. The van der Waals surface area contributed by atoms with Gasteiger partial charge in [0.15, 0.2) is 5.16 Å². The Hall–Kier alpha value is -0.410. The summed E-state index contributed by atoms with van der Waals surface area (Å²) >= 11 is 8.12. The number of H-pyrrole nitrogens is 1. The maximum atomic E-state index is 6.49. The number of fused-ring (bicyclic) bond motifs is 1. The first-order chi connectivity index (χ1) is 11.7. The van der Waals surface area contributed by atoms with Gasteiger partial charge in [-0.2, -0.15) is 0 Å². The number of anilines is 1. The number of benzene rings is 1. The van der Waals surface area contributed by atoms with Crippen LogP contribution in [0.15, 0.2) is 17.3 Å². The fraction of sp³-hybridized carbons (Fsp3) is 0.562. The Balaban J connectivity index is 0.00000169. The maximum absolute atomic E-state index is 6.49. The van der Waals surface area contributed by atoms with Crippen LogP contribution in [0.5, 0.6) is 0 Å². The molecule has 6 nitrogen and oxygen atoms in total. The van der Waals surface area contributed by atoms with Gasteiger partial charge in [-0.15, -0.1) is 24.8 Å². The van der Waals surface area contributed by atoms with Crippen molar-refractivity contribution in [3.05, 3.63) is 17.2 Å². The molecule has 2 aromatic rings. The predicted molar refractivity (Wildman–Crippen MR) is 114 cm³/mol. The lowest BCUT2D eigenvalue weighted by Gasteiger charge is -2.30. The van der Waals surface area contributed by atoms with E-state index < -0.39 is 0 Å². The molecule has 1 aromatic heterocycles. The average Bonchev–Trinajstić information content (AvgIpc) is 2.96. The summed E-state index contributed by atoms with van der Waals surface area (Å²) in [4.78, 5) is 10.4. The smallest absolute Gasteiger partial charge is 0.166 e. The molecule has 0 radical (unpaired) electrons. The van der Waals surface area contributed by atoms with Gasteiger partial charge in [-0.25, -0.2) is 4.98 Å². The zero-order valence-corrected chi connectivity index (χ0v) is 18.0. The number of thioether (sulfide) groups is 1. The average molecular weight is 444 g/mol. The topological polar surface area (TPSA) is 62.4 Å². The van der Waals surface area contributed by atoms with Gasteiger partial charge in [0.2, 0.25) is 0 Å². The van der Waals surface area contributed by atoms with Crippen molar-refractivity contribution in [3.63, 3.8) is 0 Å². The van der Waals surface area contributed by atoms with Crippen LogP contribution in [0, 0.1) is 0 Å². The number of nitrogens with one attached hydrogen (secondary N) is 2. The Morgan fingerprint density at radius 1 is 1.19 bits per heavy atom. The van der Waals surface area contributed by atoms with E-state index in [4.69, 9.17) is 26.1 Å². The largest absolute Gasteiger partial charge is 0.383 e. The molecule has 0 unspecified atom stereocenters. The summed E-state index contributed by atoms with van der Waals surface area (Å²) in [5.74, 6) is 0. The van der Waals surface area contributed by atoms with E-state index >= 15 is 0 Å². The van der Waals surface area contributed by atoms with Crippen molar-refractivity contribution < 1.29 is 9.47 Å². The first kappa shape index (κ1) is 23.6. The normalized spacial score (nSPS) is 14.4. The van der Waals surface area contributed by atoms with Crippen molar-refractivity contribution in [2.75, 3.05) is 58.5 Å². The van der Waals surface area contributed by atoms with Gasteiger partial charge >= 0.3 is 0 Å². The summed E-state index contributed by atoms with van der Waals surface area (Å²) < 4.78 is 10.5. The number of aromatic amines is 1. The van der Waals surface area contributed by atoms with Crippen LogP contribution in [0.1, 0.15) is 0 Å². The number of hydrogen-bond acceptors (Lipinski definition) is 6. The van der Waals surface area contributed by atoms with Crippen molar-refractivity contribution in [2.45, 2.75) is 10.4 Å². The summed E-state index contributed by atoms with van der Waals surface area (Å²) in [7, 11) is 3.39. The number of ether oxygens (including phenoxy) is 2. The lowest BCUT2D eigenvalue weighted by molar-refractivity contribution is 0.144. The van der Waals surface area contributed by atoms with Crippen LogP contribution in [0.4, 0.5) is 5.69 Å².